The largest absolute Gasteiger partial charge is 0.324 e. The summed E-state index contributed by atoms with van der Waals surface area (Å²) in [5, 5.41) is 3.47. The number of halogens is 1. The molecule has 0 aliphatic carbocycles. The molecule has 2 amide bonds. The molecule has 3 aromatic rings. The maximum Gasteiger partial charge on any atom is 0.321 e. The number of anilines is 1. The highest BCUT2D eigenvalue weighted by Crippen LogP contribution is 2.27. The van der Waals surface area contributed by atoms with Crippen LogP contribution in [0.2, 0.25) is 5.02 Å². The number of imidazole rings is 1. The maximum atomic E-state index is 12.5. The molecule has 1 fully saturated rings. The molecule has 26 heavy (non-hydrogen) atoms. The zero-order valence-electron chi connectivity index (χ0n) is 14.5. The van der Waals surface area contributed by atoms with E-state index in [1.807, 2.05) is 48.5 Å². The van der Waals surface area contributed by atoms with Crippen molar-refractivity contribution in [3.63, 3.8) is 0 Å². The Bertz CT molecular complexity index is 946. The molecule has 1 aliphatic heterocycles. The minimum Gasteiger partial charge on any atom is -0.324 e. The van der Waals surface area contributed by atoms with Gasteiger partial charge in [0.15, 0.2) is 5.65 Å². The highest BCUT2D eigenvalue weighted by Gasteiger charge is 2.25. The van der Waals surface area contributed by atoms with Gasteiger partial charge in [-0.1, -0.05) is 17.7 Å². The number of piperidine rings is 1. The van der Waals surface area contributed by atoms with Gasteiger partial charge in [0.1, 0.15) is 5.52 Å². The third-order valence-corrected chi connectivity index (χ3v) is 5.16. The van der Waals surface area contributed by atoms with Crippen LogP contribution in [-0.4, -0.2) is 38.6 Å². The van der Waals surface area contributed by atoms with E-state index in [9.17, 15) is 4.79 Å². The van der Waals surface area contributed by atoms with Gasteiger partial charge in [-0.25, -0.2) is 14.8 Å². The van der Waals surface area contributed by atoms with Crippen LogP contribution in [0.4, 0.5) is 10.5 Å². The van der Waals surface area contributed by atoms with Crippen LogP contribution in [0.15, 0.2) is 42.9 Å². The Kier molecular flexibility index (Phi) is 4.51. The van der Waals surface area contributed by atoms with Gasteiger partial charge in [-0.2, -0.15) is 0 Å². The van der Waals surface area contributed by atoms with E-state index in [4.69, 9.17) is 11.6 Å². The van der Waals surface area contributed by atoms with Crippen molar-refractivity contribution in [3.8, 4) is 0 Å². The van der Waals surface area contributed by atoms with E-state index in [1.54, 1.807) is 6.20 Å². The number of likely N-dealkylation sites (tertiary alicyclic amines) is 1. The number of fused-ring (bicyclic) bond motifs is 1. The van der Waals surface area contributed by atoms with Gasteiger partial charge in [-0.05, 0) is 49.6 Å². The number of carbonyl (C=O) groups is 1. The Morgan fingerprint density at radius 2 is 2.04 bits per heavy atom. The lowest BCUT2D eigenvalue weighted by molar-refractivity contribution is 0.184. The number of urea groups is 1. The topological polar surface area (TPSA) is 63.1 Å². The second-order valence-electron chi connectivity index (χ2n) is 6.63. The van der Waals surface area contributed by atoms with Gasteiger partial charge < -0.3 is 14.8 Å². The average Bonchev–Trinajstić information content (AvgIpc) is 3.08. The molecule has 1 N–H and O–H groups in total. The molecule has 0 radical (unpaired) electrons. The molecular weight excluding hydrogens is 350 g/mol. The van der Waals surface area contributed by atoms with Gasteiger partial charge in [0.2, 0.25) is 0 Å². The zero-order valence-corrected chi connectivity index (χ0v) is 15.3. The maximum absolute atomic E-state index is 12.5. The van der Waals surface area contributed by atoms with Crippen molar-refractivity contribution in [1.82, 2.24) is 19.4 Å². The van der Waals surface area contributed by atoms with Gasteiger partial charge in [-0.15, -0.1) is 0 Å². The van der Waals surface area contributed by atoms with Crippen molar-refractivity contribution in [3.05, 3.63) is 53.4 Å². The molecule has 0 saturated carbocycles. The molecule has 1 aromatic carbocycles. The number of benzene rings is 1. The van der Waals surface area contributed by atoms with E-state index < -0.39 is 0 Å². The van der Waals surface area contributed by atoms with Crippen LogP contribution in [0.5, 0.6) is 0 Å². The molecule has 6 nitrogen and oxygen atoms in total. The first-order valence-electron chi connectivity index (χ1n) is 8.71. The summed E-state index contributed by atoms with van der Waals surface area (Å²) in [6.45, 7) is 3.34. The lowest BCUT2D eigenvalue weighted by atomic mass is 10.1. The average molecular weight is 370 g/mol. The van der Waals surface area contributed by atoms with E-state index in [2.05, 4.69) is 19.9 Å². The monoisotopic (exact) mass is 369 g/mol. The normalized spacial score (nSPS) is 15.4. The van der Waals surface area contributed by atoms with Crippen molar-refractivity contribution in [1.29, 1.82) is 0 Å². The van der Waals surface area contributed by atoms with E-state index in [0.29, 0.717) is 29.8 Å². The summed E-state index contributed by atoms with van der Waals surface area (Å²) < 4.78 is 2.13. The molecule has 1 saturated heterocycles. The van der Waals surface area contributed by atoms with Gasteiger partial charge in [-0.3, -0.25) is 0 Å². The van der Waals surface area contributed by atoms with Crippen molar-refractivity contribution in [2.75, 3.05) is 18.4 Å². The Balaban J connectivity index is 1.41. The molecule has 0 spiro atoms. The van der Waals surface area contributed by atoms with Crippen molar-refractivity contribution in [2.45, 2.75) is 25.8 Å². The summed E-state index contributed by atoms with van der Waals surface area (Å²) >= 11 is 6.21. The smallest absolute Gasteiger partial charge is 0.321 e. The zero-order chi connectivity index (χ0) is 18.1. The number of nitrogens with one attached hydrogen (secondary N) is 1. The number of hydrogen-bond donors (Lipinski definition) is 1. The fourth-order valence-corrected chi connectivity index (χ4v) is 3.68. The number of aryl methyl sites for hydroxylation is 1. The second-order valence-corrected chi connectivity index (χ2v) is 7.04. The van der Waals surface area contributed by atoms with E-state index in [-0.39, 0.29) is 6.03 Å². The standard InChI is InChI=1S/C19H20ClN5O/c1-13-4-5-16(15(20)11-13)23-19(26)24-9-6-14(7-10-24)25-12-22-17-3-2-8-21-18(17)25/h2-5,8,11-12,14H,6-7,9-10H2,1H3,(H,23,26). The molecule has 1 aliphatic rings. The lowest BCUT2D eigenvalue weighted by Gasteiger charge is -2.32. The minimum atomic E-state index is -0.109. The highest BCUT2D eigenvalue weighted by atomic mass is 35.5. The van der Waals surface area contributed by atoms with Crippen molar-refractivity contribution in [2.24, 2.45) is 0 Å². The van der Waals surface area contributed by atoms with Crippen LogP contribution in [-0.2, 0) is 0 Å². The summed E-state index contributed by atoms with van der Waals surface area (Å²) in [5.74, 6) is 0. The van der Waals surface area contributed by atoms with Crippen molar-refractivity contribution < 1.29 is 4.79 Å². The first kappa shape index (κ1) is 16.8. The van der Waals surface area contributed by atoms with Crippen LogP contribution in [0.3, 0.4) is 0 Å². The van der Waals surface area contributed by atoms with Crippen LogP contribution in [0.25, 0.3) is 11.2 Å². The molecule has 7 heteroatoms. The van der Waals surface area contributed by atoms with E-state index in [1.165, 1.54) is 0 Å². The number of carbonyl (C=O) groups excluding carboxylic acids is 1. The highest BCUT2D eigenvalue weighted by molar-refractivity contribution is 6.33. The second kappa shape index (κ2) is 6.96. The number of rotatable bonds is 2. The van der Waals surface area contributed by atoms with E-state index >= 15 is 0 Å². The fraction of sp³-hybridized carbons (Fsp3) is 0.316. The Morgan fingerprint density at radius 1 is 1.23 bits per heavy atom. The number of aromatic nitrogens is 3. The van der Waals surface area contributed by atoms with Crippen LogP contribution in [0.1, 0.15) is 24.4 Å². The van der Waals surface area contributed by atoms with E-state index in [0.717, 1.165) is 29.6 Å². The first-order chi connectivity index (χ1) is 12.6. The summed E-state index contributed by atoms with van der Waals surface area (Å²) in [6.07, 6.45) is 5.38. The Labute approximate surface area is 156 Å². The molecular formula is C19H20ClN5O. The van der Waals surface area contributed by atoms with Crippen molar-refractivity contribution >= 4 is 34.5 Å². The molecule has 2 aromatic heterocycles. The molecule has 0 atom stereocenters. The van der Waals surface area contributed by atoms with Gasteiger partial charge >= 0.3 is 6.03 Å². The SMILES string of the molecule is Cc1ccc(NC(=O)N2CCC(n3cnc4cccnc43)CC2)c(Cl)c1. The van der Waals surface area contributed by atoms with Gasteiger partial charge in [0.25, 0.3) is 0 Å². The predicted octanol–water partition coefficient (Wildman–Crippen LogP) is 4.26. The van der Waals surface area contributed by atoms with Crippen LogP contribution < -0.4 is 5.32 Å². The summed E-state index contributed by atoms with van der Waals surface area (Å²) in [5.41, 5.74) is 3.52. The quantitative estimate of drug-likeness (QED) is 0.734. The Morgan fingerprint density at radius 3 is 2.81 bits per heavy atom. The molecule has 4 rings (SSSR count). The van der Waals surface area contributed by atoms with Crippen LogP contribution in [0, 0.1) is 6.92 Å². The first-order valence-corrected chi connectivity index (χ1v) is 9.09. The number of nitrogens with zero attached hydrogens (tertiary/aromatic N) is 4. The van der Waals surface area contributed by atoms with Gasteiger partial charge in [0.05, 0.1) is 17.0 Å². The fourth-order valence-electron chi connectivity index (χ4n) is 3.40. The summed E-state index contributed by atoms with van der Waals surface area (Å²) in [4.78, 5) is 23.2. The van der Waals surface area contributed by atoms with Gasteiger partial charge in [0, 0.05) is 25.3 Å². The third kappa shape index (κ3) is 3.24. The number of pyridine rings is 1. The third-order valence-electron chi connectivity index (χ3n) is 4.84. The van der Waals surface area contributed by atoms with Crippen LogP contribution >= 0.6 is 11.6 Å². The summed E-state index contributed by atoms with van der Waals surface area (Å²) in [7, 11) is 0. The summed E-state index contributed by atoms with van der Waals surface area (Å²) in [6, 6.07) is 9.68. The molecule has 3 heterocycles. The Hall–Kier alpha value is -2.60. The molecule has 134 valence electrons. The minimum absolute atomic E-state index is 0.109. The lowest BCUT2D eigenvalue weighted by Crippen LogP contribution is -2.41. The molecule has 0 unspecified atom stereocenters. The predicted molar refractivity (Wildman–Crippen MR) is 103 cm³/mol. The number of hydrogen-bond acceptors (Lipinski definition) is 3. The number of amides is 2. The molecule has 0 bridgehead atoms.